The lowest BCUT2D eigenvalue weighted by Gasteiger charge is -2.15. The summed E-state index contributed by atoms with van der Waals surface area (Å²) in [7, 11) is 0. The number of rotatable bonds is 3. The van der Waals surface area contributed by atoms with E-state index in [-0.39, 0.29) is 0 Å². The van der Waals surface area contributed by atoms with Gasteiger partial charge in [-0.3, -0.25) is 0 Å². The summed E-state index contributed by atoms with van der Waals surface area (Å²) in [6.07, 6.45) is 3.80. The lowest BCUT2D eigenvalue weighted by molar-refractivity contribution is -0.136. The molecule has 5 heteroatoms. The van der Waals surface area contributed by atoms with Gasteiger partial charge in [-0.2, -0.15) is 0 Å². The van der Waals surface area contributed by atoms with E-state index in [4.69, 9.17) is 4.84 Å². The topological polar surface area (TPSA) is 41.9 Å². The molecule has 0 saturated carbocycles. The van der Waals surface area contributed by atoms with Gasteiger partial charge in [-0.05, 0) is 19.1 Å². The molecule has 0 N–H and O–H groups in total. The SMILES string of the molecule is CCN1CCSC1=CC=C1C(=O)ON=C1c1ccccc1. The van der Waals surface area contributed by atoms with Crippen molar-refractivity contribution in [3.05, 3.63) is 58.6 Å². The van der Waals surface area contributed by atoms with E-state index in [2.05, 4.69) is 17.0 Å². The van der Waals surface area contributed by atoms with Crippen LogP contribution in [0.25, 0.3) is 0 Å². The molecule has 0 aliphatic carbocycles. The fourth-order valence-corrected chi connectivity index (χ4v) is 3.41. The van der Waals surface area contributed by atoms with Crippen LogP contribution >= 0.6 is 11.8 Å². The van der Waals surface area contributed by atoms with Crippen molar-refractivity contribution in [2.24, 2.45) is 5.16 Å². The molecule has 1 saturated heterocycles. The molecule has 3 rings (SSSR count). The van der Waals surface area contributed by atoms with E-state index in [0.29, 0.717) is 11.3 Å². The van der Waals surface area contributed by atoms with Crippen LogP contribution in [0.1, 0.15) is 12.5 Å². The molecule has 0 aromatic heterocycles. The Hall–Kier alpha value is -2.01. The highest BCUT2D eigenvalue weighted by atomic mass is 32.2. The predicted octanol–water partition coefficient (Wildman–Crippen LogP) is 2.78. The highest BCUT2D eigenvalue weighted by molar-refractivity contribution is 8.03. The molecule has 0 bridgehead atoms. The van der Waals surface area contributed by atoms with Crippen molar-refractivity contribution in [2.75, 3.05) is 18.8 Å². The normalized spacial score (nSPS) is 22.0. The van der Waals surface area contributed by atoms with Crippen LogP contribution in [-0.4, -0.2) is 35.4 Å². The third-order valence-electron chi connectivity index (χ3n) is 3.44. The molecule has 21 heavy (non-hydrogen) atoms. The zero-order chi connectivity index (χ0) is 14.7. The first-order valence-electron chi connectivity index (χ1n) is 6.94. The minimum atomic E-state index is -0.392. The summed E-state index contributed by atoms with van der Waals surface area (Å²) in [4.78, 5) is 19.0. The molecule has 2 heterocycles. The van der Waals surface area contributed by atoms with Crippen LogP contribution in [0.4, 0.5) is 0 Å². The van der Waals surface area contributed by atoms with E-state index in [1.165, 1.54) is 5.03 Å². The van der Waals surface area contributed by atoms with Crippen LogP contribution in [0, 0.1) is 0 Å². The molecule has 0 atom stereocenters. The minimum absolute atomic E-state index is 0.392. The maximum atomic E-state index is 11.9. The smallest absolute Gasteiger partial charge is 0.366 e. The molecule has 2 aliphatic rings. The Bertz CT molecular complexity index is 635. The summed E-state index contributed by atoms with van der Waals surface area (Å²) >= 11 is 1.81. The molecular formula is C16H16N2O2S. The predicted molar refractivity (Wildman–Crippen MR) is 84.9 cm³/mol. The second kappa shape index (κ2) is 6.18. The fourth-order valence-electron chi connectivity index (χ4n) is 2.32. The largest absolute Gasteiger partial charge is 0.368 e. The zero-order valence-corrected chi connectivity index (χ0v) is 12.6. The summed E-state index contributed by atoms with van der Waals surface area (Å²) in [6, 6.07) is 9.61. The van der Waals surface area contributed by atoms with Crippen molar-refractivity contribution in [3.63, 3.8) is 0 Å². The molecule has 1 aromatic carbocycles. The lowest BCUT2D eigenvalue weighted by Crippen LogP contribution is -2.17. The molecule has 0 radical (unpaired) electrons. The van der Waals surface area contributed by atoms with E-state index in [9.17, 15) is 4.79 Å². The first-order valence-corrected chi connectivity index (χ1v) is 7.93. The van der Waals surface area contributed by atoms with Gasteiger partial charge in [0, 0.05) is 24.4 Å². The summed E-state index contributed by atoms with van der Waals surface area (Å²) in [6.45, 7) is 4.17. The molecule has 2 aliphatic heterocycles. The number of oxime groups is 1. The third kappa shape index (κ3) is 2.88. The maximum absolute atomic E-state index is 11.9. The van der Waals surface area contributed by atoms with E-state index in [1.54, 1.807) is 0 Å². The van der Waals surface area contributed by atoms with E-state index < -0.39 is 5.97 Å². The Morgan fingerprint density at radius 2 is 2.14 bits per heavy atom. The molecule has 0 spiro atoms. The average molecular weight is 300 g/mol. The lowest BCUT2D eigenvalue weighted by atomic mass is 10.0. The first kappa shape index (κ1) is 13.9. The second-order valence-electron chi connectivity index (χ2n) is 4.70. The van der Waals surface area contributed by atoms with Crippen molar-refractivity contribution in [3.8, 4) is 0 Å². The van der Waals surface area contributed by atoms with Gasteiger partial charge in [-0.1, -0.05) is 35.5 Å². The summed E-state index contributed by atoms with van der Waals surface area (Å²) in [5, 5.41) is 5.09. The molecule has 1 aromatic rings. The van der Waals surface area contributed by atoms with Gasteiger partial charge in [-0.25, -0.2) is 4.79 Å². The summed E-state index contributed by atoms with van der Waals surface area (Å²) in [5.74, 6) is 0.698. The standard InChI is InChI=1S/C16H16N2O2S/c1-2-18-10-11-21-14(18)9-8-13-15(17-20-16(13)19)12-6-4-3-5-7-12/h3-9H,2,10-11H2,1H3. The number of thioether (sulfide) groups is 1. The number of carbonyl (C=O) groups is 1. The van der Waals surface area contributed by atoms with Gasteiger partial charge in [-0.15, -0.1) is 11.8 Å². The number of carbonyl (C=O) groups excluding carboxylic acids is 1. The Balaban J connectivity index is 1.89. The van der Waals surface area contributed by atoms with E-state index in [1.807, 2.05) is 54.2 Å². The molecule has 0 amide bonds. The highest BCUT2D eigenvalue weighted by Gasteiger charge is 2.26. The number of hydrogen-bond acceptors (Lipinski definition) is 5. The van der Waals surface area contributed by atoms with Gasteiger partial charge in [0.05, 0.1) is 10.6 Å². The van der Waals surface area contributed by atoms with Gasteiger partial charge in [0.2, 0.25) is 0 Å². The van der Waals surface area contributed by atoms with E-state index >= 15 is 0 Å². The number of nitrogens with zero attached hydrogens (tertiary/aromatic N) is 2. The van der Waals surface area contributed by atoms with Crippen molar-refractivity contribution in [2.45, 2.75) is 6.92 Å². The number of hydrogen-bond donors (Lipinski definition) is 0. The summed E-state index contributed by atoms with van der Waals surface area (Å²) < 4.78 is 0. The molecular weight excluding hydrogens is 284 g/mol. The zero-order valence-electron chi connectivity index (χ0n) is 11.8. The molecule has 4 nitrogen and oxygen atoms in total. The quantitative estimate of drug-likeness (QED) is 0.636. The van der Waals surface area contributed by atoms with Crippen LogP contribution in [0.2, 0.25) is 0 Å². The number of benzene rings is 1. The van der Waals surface area contributed by atoms with Crippen LogP contribution < -0.4 is 0 Å². The minimum Gasteiger partial charge on any atom is -0.366 e. The first-order chi connectivity index (χ1) is 10.3. The average Bonchev–Trinajstić information content (AvgIpc) is 3.12. The van der Waals surface area contributed by atoms with Gasteiger partial charge >= 0.3 is 5.97 Å². The third-order valence-corrected chi connectivity index (χ3v) is 4.52. The van der Waals surface area contributed by atoms with Crippen molar-refractivity contribution >= 4 is 23.4 Å². The Morgan fingerprint density at radius 3 is 2.90 bits per heavy atom. The van der Waals surface area contributed by atoms with Crippen LogP contribution in [-0.2, 0) is 9.63 Å². The number of allylic oxidation sites excluding steroid dienone is 2. The van der Waals surface area contributed by atoms with Gasteiger partial charge in [0.1, 0.15) is 5.71 Å². The monoisotopic (exact) mass is 300 g/mol. The van der Waals surface area contributed by atoms with E-state index in [0.717, 1.165) is 24.4 Å². The molecule has 1 fully saturated rings. The van der Waals surface area contributed by atoms with Gasteiger partial charge in [0.25, 0.3) is 0 Å². The fraction of sp³-hybridized carbons (Fsp3) is 0.250. The molecule has 108 valence electrons. The van der Waals surface area contributed by atoms with Crippen molar-refractivity contribution < 1.29 is 9.63 Å². The highest BCUT2D eigenvalue weighted by Crippen LogP contribution is 2.28. The molecule has 0 unspecified atom stereocenters. The van der Waals surface area contributed by atoms with Crippen LogP contribution in [0.3, 0.4) is 0 Å². The Kier molecular flexibility index (Phi) is 4.10. The van der Waals surface area contributed by atoms with Crippen molar-refractivity contribution in [1.29, 1.82) is 0 Å². The van der Waals surface area contributed by atoms with Crippen LogP contribution in [0.5, 0.6) is 0 Å². The second-order valence-corrected chi connectivity index (χ2v) is 5.81. The van der Waals surface area contributed by atoms with Crippen LogP contribution in [0.15, 0.2) is 58.2 Å². The Morgan fingerprint density at radius 1 is 1.33 bits per heavy atom. The Labute approximate surface area is 128 Å². The maximum Gasteiger partial charge on any atom is 0.368 e. The summed E-state index contributed by atoms with van der Waals surface area (Å²) in [5.41, 5.74) is 2.00. The van der Waals surface area contributed by atoms with Gasteiger partial charge in [0.15, 0.2) is 0 Å². The van der Waals surface area contributed by atoms with Crippen molar-refractivity contribution in [1.82, 2.24) is 4.90 Å². The van der Waals surface area contributed by atoms with Gasteiger partial charge < -0.3 is 9.74 Å².